The maximum absolute atomic E-state index is 6.17. The molecular weight excluding hydrogens is 327 g/mol. The van der Waals surface area contributed by atoms with Crippen molar-refractivity contribution in [2.24, 2.45) is 0 Å². The minimum absolute atomic E-state index is 0.459. The molecule has 2 unspecified atom stereocenters. The Morgan fingerprint density at radius 3 is 2.50 bits per heavy atom. The zero-order valence-corrected chi connectivity index (χ0v) is 14.1. The zero-order valence-electron chi connectivity index (χ0n) is 11.0. The van der Waals surface area contributed by atoms with E-state index in [-0.39, 0.29) is 0 Å². The van der Waals surface area contributed by atoms with E-state index in [0.717, 1.165) is 16.5 Å². The van der Waals surface area contributed by atoms with Gasteiger partial charge in [0.15, 0.2) is 0 Å². The van der Waals surface area contributed by atoms with Crippen molar-refractivity contribution in [1.82, 2.24) is 0 Å². The van der Waals surface area contributed by atoms with E-state index in [4.69, 9.17) is 23.2 Å². The molecule has 2 atom stereocenters. The summed E-state index contributed by atoms with van der Waals surface area (Å²) in [6.07, 6.45) is 1.16. The smallest absolute Gasteiger partial charge is 0.0409 e. The van der Waals surface area contributed by atoms with Gasteiger partial charge in [0.1, 0.15) is 0 Å². The molecule has 4 heteroatoms. The summed E-state index contributed by atoms with van der Waals surface area (Å²) in [5.74, 6) is 0. The van der Waals surface area contributed by atoms with Crippen LogP contribution in [0.25, 0.3) is 0 Å². The van der Waals surface area contributed by atoms with Crippen LogP contribution in [0.2, 0.25) is 10.0 Å². The maximum atomic E-state index is 6.17. The normalized spacial score (nSPS) is 21.6. The molecular formula is C16H14Cl2S2. The van der Waals surface area contributed by atoms with Crippen LogP contribution in [0, 0.1) is 0 Å². The first-order valence-corrected chi connectivity index (χ1v) is 9.01. The molecule has 0 nitrogen and oxygen atoms in total. The summed E-state index contributed by atoms with van der Waals surface area (Å²) in [5.41, 5.74) is 1.36. The number of benzene rings is 2. The van der Waals surface area contributed by atoms with Gasteiger partial charge in [-0.15, -0.1) is 23.5 Å². The minimum Gasteiger partial charge on any atom is -0.123 e. The van der Waals surface area contributed by atoms with Gasteiger partial charge in [-0.05, 0) is 54.4 Å². The Hall–Kier alpha value is -0.280. The number of hydrogen-bond donors (Lipinski definition) is 0. The Labute approximate surface area is 138 Å². The average Bonchev–Trinajstić information content (AvgIpc) is 2.42. The van der Waals surface area contributed by atoms with Crippen molar-refractivity contribution in [2.75, 3.05) is 0 Å². The van der Waals surface area contributed by atoms with Crippen LogP contribution in [0.1, 0.15) is 24.2 Å². The van der Waals surface area contributed by atoms with Crippen LogP contribution >= 0.6 is 46.7 Å². The predicted octanol–water partition coefficient (Wildman–Crippen LogP) is 6.71. The molecule has 0 N–H and O–H groups in total. The third-order valence-electron chi connectivity index (χ3n) is 3.28. The Bertz CT molecular complexity index is 610. The van der Waals surface area contributed by atoms with E-state index in [1.807, 2.05) is 41.7 Å². The fraction of sp³-hybridized carbons (Fsp3) is 0.250. The van der Waals surface area contributed by atoms with Gasteiger partial charge in [0.25, 0.3) is 0 Å². The second kappa shape index (κ2) is 6.23. The lowest BCUT2D eigenvalue weighted by Gasteiger charge is -2.29. The minimum atomic E-state index is 0.459. The van der Waals surface area contributed by atoms with Crippen molar-refractivity contribution in [3.05, 3.63) is 58.1 Å². The van der Waals surface area contributed by atoms with E-state index in [1.165, 1.54) is 15.4 Å². The second-order valence-corrected chi connectivity index (χ2v) is 8.54. The van der Waals surface area contributed by atoms with Gasteiger partial charge in [0.2, 0.25) is 0 Å². The van der Waals surface area contributed by atoms with Crippen LogP contribution in [-0.4, -0.2) is 5.25 Å². The summed E-state index contributed by atoms with van der Waals surface area (Å²) in [4.78, 5) is 2.61. The molecule has 0 aliphatic carbocycles. The summed E-state index contributed by atoms with van der Waals surface area (Å²) in [7, 11) is 0. The molecule has 104 valence electrons. The number of halogens is 2. The number of fused-ring (bicyclic) bond motifs is 1. The second-order valence-electron chi connectivity index (χ2n) is 4.91. The van der Waals surface area contributed by atoms with E-state index >= 15 is 0 Å². The molecule has 0 fully saturated rings. The van der Waals surface area contributed by atoms with Crippen LogP contribution in [-0.2, 0) is 0 Å². The van der Waals surface area contributed by atoms with Crippen molar-refractivity contribution in [3.63, 3.8) is 0 Å². The highest BCUT2D eigenvalue weighted by molar-refractivity contribution is 8.01. The summed E-state index contributed by atoms with van der Waals surface area (Å²) >= 11 is 16.0. The Morgan fingerprint density at radius 1 is 1.05 bits per heavy atom. The summed E-state index contributed by atoms with van der Waals surface area (Å²) < 4.78 is 0. The van der Waals surface area contributed by atoms with Crippen LogP contribution in [0.15, 0.2) is 52.3 Å². The molecule has 3 rings (SSSR count). The first-order valence-electron chi connectivity index (χ1n) is 6.50. The van der Waals surface area contributed by atoms with Crippen LogP contribution in [0.5, 0.6) is 0 Å². The van der Waals surface area contributed by atoms with Crippen LogP contribution in [0.3, 0.4) is 0 Å². The molecule has 0 spiro atoms. The molecule has 1 aliphatic rings. The molecule has 20 heavy (non-hydrogen) atoms. The third kappa shape index (κ3) is 3.30. The SMILES string of the molecule is CC1CC(Sc2ccc(Cl)cc2)c2cc(Cl)ccc2S1. The van der Waals surface area contributed by atoms with Gasteiger partial charge in [-0.2, -0.15) is 0 Å². The van der Waals surface area contributed by atoms with Crippen molar-refractivity contribution < 1.29 is 0 Å². The standard InChI is InChI=1S/C16H14Cl2S2/c1-10-8-16(20-13-5-2-11(17)3-6-13)14-9-12(18)4-7-15(14)19-10/h2-7,9-10,16H,8H2,1H3. The van der Waals surface area contributed by atoms with E-state index in [9.17, 15) is 0 Å². The van der Waals surface area contributed by atoms with E-state index < -0.39 is 0 Å². The fourth-order valence-electron chi connectivity index (χ4n) is 2.36. The maximum Gasteiger partial charge on any atom is 0.0409 e. The largest absolute Gasteiger partial charge is 0.123 e. The van der Waals surface area contributed by atoms with Gasteiger partial charge < -0.3 is 0 Å². The van der Waals surface area contributed by atoms with Crippen LogP contribution < -0.4 is 0 Å². The first-order chi connectivity index (χ1) is 9.61. The highest BCUT2D eigenvalue weighted by atomic mass is 35.5. The summed E-state index contributed by atoms with van der Waals surface area (Å²) in [6, 6.07) is 14.3. The zero-order chi connectivity index (χ0) is 14.1. The van der Waals surface area contributed by atoms with Gasteiger partial charge in [0, 0.05) is 30.3 Å². The summed E-state index contributed by atoms with van der Waals surface area (Å²) in [6.45, 7) is 2.29. The highest BCUT2D eigenvalue weighted by Gasteiger charge is 2.26. The molecule has 0 aromatic heterocycles. The lowest BCUT2D eigenvalue weighted by atomic mass is 10.1. The Kier molecular flexibility index (Phi) is 4.56. The number of hydrogen-bond acceptors (Lipinski definition) is 2. The number of rotatable bonds is 2. The molecule has 2 aromatic carbocycles. The van der Waals surface area contributed by atoms with Gasteiger partial charge in [-0.25, -0.2) is 0 Å². The van der Waals surface area contributed by atoms with Gasteiger partial charge in [-0.1, -0.05) is 30.1 Å². The van der Waals surface area contributed by atoms with Gasteiger partial charge in [0.05, 0.1) is 0 Å². The van der Waals surface area contributed by atoms with E-state index in [0.29, 0.717) is 10.5 Å². The topological polar surface area (TPSA) is 0 Å². The highest BCUT2D eigenvalue weighted by Crippen LogP contribution is 2.49. The van der Waals surface area contributed by atoms with Crippen molar-refractivity contribution in [1.29, 1.82) is 0 Å². The van der Waals surface area contributed by atoms with Gasteiger partial charge in [-0.3, -0.25) is 0 Å². The molecule has 0 bridgehead atoms. The molecule has 0 saturated carbocycles. The fourth-order valence-corrected chi connectivity index (χ4v) is 5.40. The third-order valence-corrected chi connectivity index (χ3v) is 6.27. The lowest BCUT2D eigenvalue weighted by molar-refractivity contribution is 0.763. The van der Waals surface area contributed by atoms with Gasteiger partial charge >= 0.3 is 0 Å². The van der Waals surface area contributed by atoms with Crippen LogP contribution in [0.4, 0.5) is 0 Å². The predicted molar refractivity (Wildman–Crippen MR) is 91.4 cm³/mol. The quantitative estimate of drug-likeness (QED) is 0.595. The first kappa shape index (κ1) is 14.6. The average molecular weight is 341 g/mol. The van der Waals surface area contributed by atoms with E-state index in [2.05, 4.69) is 31.2 Å². The molecule has 1 aliphatic heterocycles. The van der Waals surface area contributed by atoms with Crippen molar-refractivity contribution in [3.8, 4) is 0 Å². The van der Waals surface area contributed by atoms with Crippen molar-refractivity contribution in [2.45, 2.75) is 33.6 Å². The molecule has 0 amide bonds. The number of thioether (sulfide) groups is 2. The van der Waals surface area contributed by atoms with E-state index in [1.54, 1.807) is 0 Å². The Morgan fingerprint density at radius 2 is 1.75 bits per heavy atom. The van der Waals surface area contributed by atoms with Crippen molar-refractivity contribution >= 4 is 46.7 Å². The Balaban J connectivity index is 1.90. The monoisotopic (exact) mass is 340 g/mol. The molecule has 0 radical (unpaired) electrons. The summed E-state index contributed by atoms with van der Waals surface area (Å²) in [5, 5.41) is 2.69. The molecule has 0 saturated heterocycles. The lowest BCUT2D eigenvalue weighted by Crippen LogP contribution is -2.11. The molecule has 1 heterocycles. The molecule has 2 aromatic rings.